The van der Waals surface area contributed by atoms with Crippen molar-refractivity contribution in [2.75, 3.05) is 0 Å². The normalized spacial score (nSPS) is 21.8. The summed E-state index contributed by atoms with van der Waals surface area (Å²) in [6.07, 6.45) is 5.39. The zero-order valence-electron chi connectivity index (χ0n) is 15.4. The Morgan fingerprint density at radius 2 is 1.89 bits per heavy atom. The molecule has 2 aliphatic rings. The highest BCUT2D eigenvalue weighted by molar-refractivity contribution is 7.84. The first-order valence-corrected chi connectivity index (χ1v) is 10.7. The Bertz CT molecular complexity index is 954. The third-order valence-electron chi connectivity index (χ3n) is 5.95. The highest BCUT2D eigenvalue weighted by atomic mass is 32.1. The van der Waals surface area contributed by atoms with Crippen LogP contribution in [0.2, 0.25) is 0 Å². The lowest BCUT2D eigenvalue weighted by Gasteiger charge is -2.44. The fourth-order valence-electron chi connectivity index (χ4n) is 4.60. The van der Waals surface area contributed by atoms with Crippen LogP contribution in [0.25, 0.3) is 11.1 Å². The fourth-order valence-corrected chi connectivity index (χ4v) is 6.13. The van der Waals surface area contributed by atoms with Gasteiger partial charge in [0.2, 0.25) is 0 Å². The third-order valence-corrected chi connectivity index (χ3v) is 7.27. The van der Waals surface area contributed by atoms with Crippen molar-refractivity contribution in [1.29, 1.82) is 5.26 Å². The van der Waals surface area contributed by atoms with Crippen molar-refractivity contribution in [3.05, 3.63) is 56.8 Å². The quantitative estimate of drug-likeness (QED) is 0.634. The van der Waals surface area contributed by atoms with E-state index in [0.717, 1.165) is 31.3 Å². The maximum atomic E-state index is 9.88. The summed E-state index contributed by atoms with van der Waals surface area (Å²) in [7, 11) is 0. The van der Waals surface area contributed by atoms with E-state index in [1.54, 1.807) is 11.3 Å². The van der Waals surface area contributed by atoms with Crippen molar-refractivity contribution in [3.8, 4) is 17.2 Å². The third kappa shape index (κ3) is 3.11. The summed E-state index contributed by atoms with van der Waals surface area (Å²) in [5.74, 6) is 0.561. The van der Waals surface area contributed by atoms with Crippen LogP contribution in [0.1, 0.15) is 48.5 Å². The molecule has 1 saturated carbocycles. The van der Waals surface area contributed by atoms with Crippen LogP contribution < -0.4 is 5.73 Å². The van der Waals surface area contributed by atoms with Crippen LogP contribution in [-0.4, -0.2) is 5.84 Å². The lowest BCUT2D eigenvalue weighted by atomic mass is 9.60. The average molecular weight is 394 g/mol. The Kier molecular flexibility index (Phi) is 4.88. The number of thiophene rings is 1. The Labute approximate surface area is 170 Å². The minimum absolute atomic E-state index is 0.0347. The second-order valence-corrected chi connectivity index (χ2v) is 8.97. The van der Waals surface area contributed by atoms with Gasteiger partial charge in [-0.2, -0.15) is 5.26 Å². The fraction of sp³-hybridized carbons (Fsp3) is 0.364. The number of aryl methyl sites for hydroxylation is 1. The van der Waals surface area contributed by atoms with Crippen LogP contribution in [0.3, 0.4) is 0 Å². The van der Waals surface area contributed by atoms with Crippen LogP contribution in [0, 0.1) is 23.7 Å². The van der Waals surface area contributed by atoms with Crippen molar-refractivity contribution in [2.45, 2.75) is 44.9 Å². The molecule has 1 aliphatic carbocycles. The van der Waals surface area contributed by atoms with E-state index in [9.17, 15) is 5.26 Å². The van der Waals surface area contributed by atoms with Gasteiger partial charge >= 0.3 is 0 Å². The molecule has 4 rings (SSSR count). The predicted octanol–water partition coefficient (Wildman–Crippen LogP) is 5.79. The van der Waals surface area contributed by atoms with Gasteiger partial charge in [0.05, 0.1) is 17.6 Å². The number of hydrogen-bond donors (Lipinski definition) is 2. The zero-order valence-corrected chi connectivity index (χ0v) is 17.1. The van der Waals surface area contributed by atoms with E-state index in [4.69, 9.17) is 5.73 Å². The second-order valence-electron chi connectivity index (χ2n) is 7.60. The van der Waals surface area contributed by atoms with Gasteiger partial charge in [0.15, 0.2) is 0 Å². The van der Waals surface area contributed by atoms with Crippen molar-refractivity contribution >= 4 is 29.8 Å². The summed E-state index contributed by atoms with van der Waals surface area (Å²) >= 11 is 6.22. The van der Waals surface area contributed by atoms with Crippen molar-refractivity contribution in [1.82, 2.24) is 0 Å². The molecule has 0 bridgehead atoms. The van der Waals surface area contributed by atoms with E-state index in [2.05, 4.69) is 66.3 Å². The molecule has 2 aromatic rings. The number of amidine groups is 1. The van der Waals surface area contributed by atoms with Crippen LogP contribution in [0.5, 0.6) is 0 Å². The summed E-state index contributed by atoms with van der Waals surface area (Å²) in [6.45, 7) is 2.10. The van der Waals surface area contributed by atoms with Gasteiger partial charge in [-0.15, -0.1) is 24.0 Å². The molecule has 1 spiro atoms. The van der Waals surface area contributed by atoms with Crippen LogP contribution in [-0.2, 0) is 0 Å². The SMILES string of the molecule is Cc1ccc(-c2csc([C@H]3C(N)=NC(S)=C(C#N)C34CCCCC4)c2)cc1. The van der Waals surface area contributed by atoms with Crippen LogP contribution in [0.15, 0.2) is 51.3 Å². The number of nitrogens with zero attached hydrogens (tertiary/aromatic N) is 2. The van der Waals surface area contributed by atoms with E-state index >= 15 is 0 Å². The number of aliphatic imine (C=N–C) groups is 1. The molecule has 27 heavy (non-hydrogen) atoms. The molecule has 0 radical (unpaired) electrons. The lowest BCUT2D eigenvalue weighted by Crippen LogP contribution is -2.42. The van der Waals surface area contributed by atoms with Gasteiger partial charge in [0.25, 0.3) is 0 Å². The van der Waals surface area contributed by atoms with Gasteiger partial charge < -0.3 is 5.73 Å². The van der Waals surface area contributed by atoms with Crippen molar-refractivity contribution in [3.63, 3.8) is 0 Å². The number of nitrogens with two attached hydrogens (primary N) is 1. The maximum Gasteiger partial charge on any atom is 0.110 e. The van der Waals surface area contributed by atoms with Gasteiger partial charge in [0, 0.05) is 10.3 Å². The molecule has 1 fully saturated rings. The van der Waals surface area contributed by atoms with Gasteiger partial charge in [0.1, 0.15) is 10.9 Å². The molecular formula is C22H23N3S2. The van der Waals surface area contributed by atoms with E-state index in [1.807, 2.05) is 0 Å². The number of hydrogen-bond acceptors (Lipinski definition) is 5. The van der Waals surface area contributed by atoms with E-state index in [1.165, 1.54) is 28.0 Å². The Morgan fingerprint density at radius 1 is 1.19 bits per heavy atom. The van der Waals surface area contributed by atoms with Crippen LogP contribution >= 0.6 is 24.0 Å². The summed E-state index contributed by atoms with van der Waals surface area (Å²) in [6, 6.07) is 13.2. The highest BCUT2D eigenvalue weighted by Crippen LogP contribution is 2.56. The molecule has 2 N–H and O–H groups in total. The molecule has 3 nitrogen and oxygen atoms in total. The molecule has 5 heteroatoms. The van der Waals surface area contributed by atoms with Gasteiger partial charge in [-0.25, -0.2) is 4.99 Å². The Morgan fingerprint density at radius 3 is 2.56 bits per heavy atom. The smallest absolute Gasteiger partial charge is 0.110 e. The monoisotopic (exact) mass is 393 g/mol. The lowest BCUT2D eigenvalue weighted by molar-refractivity contribution is 0.226. The maximum absolute atomic E-state index is 9.88. The molecule has 138 valence electrons. The first kappa shape index (κ1) is 18.3. The topological polar surface area (TPSA) is 62.2 Å². The molecule has 1 aromatic heterocycles. The predicted molar refractivity (Wildman–Crippen MR) is 116 cm³/mol. The summed E-state index contributed by atoms with van der Waals surface area (Å²) < 4.78 is 0. The first-order chi connectivity index (χ1) is 13.0. The number of rotatable bonds is 2. The standard InChI is InChI=1S/C22H23N3S2/c1-14-5-7-15(8-6-14)16-11-18(27-13-16)19-20(24)25-21(26)17(12-23)22(19)9-3-2-4-10-22/h5-8,11,13,19,26H,2-4,9-10H2,1H3,(H2,24,25)/t19-/m0/s1. The second kappa shape index (κ2) is 7.18. The minimum atomic E-state index is -0.259. The number of nitriles is 1. The van der Waals surface area contributed by atoms with Gasteiger partial charge in [-0.1, -0.05) is 49.1 Å². The number of benzene rings is 1. The summed E-state index contributed by atoms with van der Waals surface area (Å²) in [4.78, 5) is 5.65. The Hall–Kier alpha value is -2.03. The first-order valence-electron chi connectivity index (χ1n) is 9.38. The van der Waals surface area contributed by atoms with E-state index < -0.39 is 0 Å². The van der Waals surface area contributed by atoms with Gasteiger partial charge in [-0.05, 0) is 42.3 Å². The summed E-state index contributed by atoms with van der Waals surface area (Å²) in [5, 5.41) is 12.6. The largest absolute Gasteiger partial charge is 0.387 e. The number of allylic oxidation sites excluding steroid dienone is 1. The zero-order chi connectivity index (χ0) is 19.0. The van der Waals surface area contributed by atoms with E-state index in [-0.39, 0.29) is 11.3 Å². The average Bonchev–Trinajstić information content (AvgIpc) is 3.12. The summed E-state index contributed by atoms with van der Waals surface area (Å²) in [5.41, 5.74) is 10.6. The minimum Gasteiger partial charge on any atom is -0.387 e. The molecule has 0 saturated heterocycles. The molecule has 0 amide bonds. The van der Waals surface area contributed by atoms with Gasteiger partial charge in [-0.3, -0.25) is 0 Å². The molecule has 1 aliphatic heterocycles. The number of thiol groups is 1. The molecular weight excluding hydrogens is 370 g/mol. The van der Waals surface area contributed by atoms with Crippen molar-refractivity contribution < 1.29 is 0 Å². The van der Waals surface area contributed by atoms with E-state index in [0.29, 0.717) is 10.9 Å². The van der Waals surface area contributed by atoms with Crippen LogP contribution in [0.4, 0.5) is 0 Å². The molecule has 1 atom stereocenters. The molecule has 1 aromatic carbocycles. The molecule has 2 heterocycles. The highest BCUT2D eigenvalue weighted by Gasteiger charge is 2.49. The van der Waals surface area contributed by atoms with Crippen molar-refractivity contribution in [2.24, 2.45) is 16.1 Å². The Balaban J connectivity index is 1.79. The molecule has 0 unspecified atom stereocenters.